The second-order valence-electron chi connectivity index (χ2n) is 2.85. The summed E-state index contributed by atoms with van der Waals surface area (Å²) in [6.07, 6.45) is 2.90. The Bertz CT molecular complexity index is 393. The lowest BCUT2D eigenvalue weighted by Crippen LogP contribution is -1.85. The number of nitrogens with zero attached hydrogens (tertiary/aromatic N) is 1. The summed E-state index contributed by atoms with van der Waals surface area (Å²) < 4.78 is 0. The van der Waals surface area contributed by atoms with Crippen LogP contribution in [0.25, 0.3) is 10.9 Å². The molecule has 0 atom stereocenters. The molecule has 0 unspecified atom stereocenters. The Balaban J connectivity index is 0.000000845. The number of hydrogen-bond donors (Lipinski definition) is 0. The van der Waals surface area contributed by atoms with Gasteiger partial charge in [0.1, 0.15) is 0 Å². The number of pyridine rings is 1. The normalized spacial score (nSPS) is 8.93. The molecule has 1 nitrogen and oxygen atoms in total. The van der Waals surface area contributed by atoms with Crippen molar-refractivity contribution in [3.05, 3.63) is 42.1 Å². The van der Waals surface area contributed by atoms with Gasteiger partial charge >= 0.3 is 0 Å². The van der Waals surface area contributed by atoms with E-state index in [0.717, 1.165) is 11.9 Å². The van der Waals surface area contributed by atoms with Gasteiger partial charge in [-0.15, -0.1) is 12.4 Å². The molecule has 2 rings (SSSR count). The summed E-state index contributed by atoms with van der Waals surface area (Å²) in [7, 11) is 0. The average molecular weight is 210 g/mol. The van der Waals surface area contributed by atoms with Gasteiger partial charge in [-0.1, -0.05) is 38.6 Å². The molecule has 0 aliphatic carbocycles. The van der Waals surface area contributed by atoms with Crippen LogP contribution < -0.4 is 0 Å². The topological polar surface area (TPSA) is 12.9 Å². The summed E-state index contributed by atoms with van der Waals surface area (Å²) >= 11 is 0. The fourth-order valence-corrected chi connectivity index (χ4v) is 1.45. The van der Waals surface area contributed by atoms with Gasteiger partial charge in [0.05, 0.1) is 5.52 Å². The summed E-state index contributed by atoms with van der Waals surface area (Å²) in [6, 6.07) is 10.4. The fraction of sp³-hybridized carbons (Fsp3) is 0.250. The van der Waals surface area contributed by atoms with Gasteiger partial charge in [0.2, 0.25) is 0 Å². The molecular weight excluding hydrogens is 194 g/mol. The molecule has 0 amide bonds. The molecule has 0 saturated heterocycles. The SMILES string of the molecule is C.CCc1cccc2cccnc12.Cl. The lowest BCUT2D eigenvalue weighted by molar-refractivity contribution is 1.14. The van der Waals surface area contributed by atoms with E-state index in [1.807, 2.05) is 12.3 Å². The molecule has 0 spiro atoms. The first-order valence-electron chi connectivity index (χ1n) is 4.24. The van der Waals surface area contributed by atoms with Crippen molar-refractivity contribution in [3.63, 3.8) is 0 Å². The number of fused-ring (bicyclic) bond motifs is 1. The van der Waals surface area contributed by atoms with Crippen molar-refractivity contribution >= 4 is 23.3 Å². The van der Waals surface area contributed by atoms with E-state index in [1.54, 1.807) is 0 Å². The molecule has 0 aliphatic heterocycles. The molecule has 1 heterocycles. The second-order valence-corrected chi connectivity index (χ2v) is 2.85. The molecule has 2 heteroatoms. The lowest BCUT2D eigenvalue weighted by atomic mass is 10.1. The van der Waals surface area contributed by atoms with Crippen LogP contribution in [0.2, 0.25) is 0 Å². The minimum atomic E-state index is 0. The van der Waals surface area contributed by atoms with E-state index in [9.17, 15) is 0 Å². The first kappa shape index (κ1) is 12.9. The summed E-state index contributed by atoms with van der Waals surface area (Å²) in [5.41, 5.74) is 2.47. The van der Waals surface area contributed by atoms with Gasteiger partial charge in [0, 0.05) is 11.6 Å². The van der Waals surface area contributed by atoms with Gasteiger partial charge < -0.3 is 0 Å². The molecule has 0 bridgehead atoms. The maximum atomic E-state index is 4.35. The first-order chi connectivity index (χ1) is 5.92. The van der Waals surface area contributed by atoms with Crippen molar-refractivity contribution in [2.24, 2.45) is 0 Å². The van der Waals surface area contributed by atoms with Gasteiger partial charge in [0.25, 0.3) is 0 Å². The molecule has 1 aromatic carbocycles. The molecule has 2 aromatic rings. The molecule has 76 valence electrons. The maximum Gasteiger partial charge on any atom is 0.0733 e. The van der Waals surface area contributed by atoms with E-state index in [2.05, 4.69) is 36.2 Å². The van der Waals surface area contributed by atoms with Crippen molar-refractivity contribution in [2.75, 3.05) is 0 Å². The Hall–Kier alpha value is -1.08. The minimum absolute atomic E-state index is 0. The summed E-state index contributed by atoms with van der Waals surface area (Å²) in [4.78, 5) is 4.35. The number of benzene rings is 1. The molecule has 14 heavy (non-hydrogen) atoms. The van der Waals surface area contributed by atoms with Gasteiger partial charge in [-0.2, -0.15) is 0 Å². The maximum absolute atomic E-state index is 4.35. The fourth-order valence-electron chi connectivity index (χ4n) is 1.45. The molecule has 0 aliphatic rings. The van der Waals surface area contributed by atoms with Gasteiger partial charge in [-0.05, 0) is 18.1 Å². The lowest BCUT2D eigenvalue weighted by Gasteiger charge is -2.00. The number of aryl methyl sites for hydroxylation is 1. The second kappa shape index (κ2) is 5.61. The highest BCUT2D eigenvalue weighted by Crippen LogP contribution is 2.15. The Kier molecular flexibility index (Phi) is 5.18. The summed E-state index contributed by atoms with van der Waals surface area (Å²) in [6.45, 7) is 2.16. The Morgan fingerprint density at radius 1 is 1.14 bits per heavy atom. The van der Waals surface area contributed by atoms with E-state index < -0.39 is 0 Å². The largest absolute Gasteiger partial charge is 0.256 e. The van der Waals surface area contributed by atoms with Crippen LogP contribution in [0.15, 0.2) is 36.5 Å². The highest BCUT2D eigenvalue weighted by Gasteiger charge is 1.97. The van der Waals surface area contributed by atoms with Gasteiger partial charge in [-0.3, -0.25) is 4.98 Å². The molecule has 1 aromatic heterocycles. The summed E-state index contributed by atoms with van der Waals surface area (Å²) in [5, 5.41) is 1.23. The molecule has 0 N–H and O–H groups in total. The molecule has 0 radical (unpaired) electrons. The van der Waals surface area contributed by atoms with Crippen LogP contribution in [0.5, 0.6) is 0 Å². The zero-order valence-corrected chi connectivity index (χ0v) is 8.34. The van der Waals surface area contributed by atoms with Crippen molar-refractivity contribution in [1.82, 2.24) is 4.98 Å². The zero-order valence-electron chi connectivity index (χ0n) is 7.53. The number of hydrogen-bond acceptors (Lipinski definition) is 1. The van der Waals surface area contributed by atoms with E-state index in [-0.39, 0.29) is 19.8 Å². The Morgan fingerprint density at radius 2 is 1.86 bits per heavy atom. The van der Waals surface area contributed by atoms with Crippen LogP contribution in [-0.4, -0.2) is 4.98 Å². The number of rotatable bonds is 1. The Labute approximate surface area is 91.6 Å². The van der Waals surface area contributed by atoms with E-state index in [4.69, 9.17) is 0 Å². The van der Waals surface area contributed by atoms with Crippen molar-refractivity contribution < 1.29 is 0 Å². The van der Waals surface area contributed by atoms with Crippen molar-refractivity contribution in [3.8, 4) is 0 Å². The van der Waals surface area contributed by atoms with Crippen LogP contribution in [-0.2, 0) is 6.42 Å². The van der Waals surface area contributed by atoms with E-state index >= 15 is 0 Å². The first-order valence-corrected chi connectivity index (χ1v) is 4.24. The quantitative estimate of drug-likeness (QED) is 0.695. The van der Waals surface area contributed by atoms with Crippen molar-refractivity contribution in [1.29, 1.82) is 0 Å². The van der Waals surface area contributed by atoms with E-state index in [0.29, 0.717) is 0 Å². The number of aromatic nitrogens is 1. The van der Waals surface area contributed by atoms with Crippen LogP contribution in [0.1, 0.15) is 19.9 Å². The third-order valence-electron chi connectivity index (χ3n) is 2.10. The monoisotopic (exact) mass is 209 g/mol. The zero-order chi connectivity index (χ0) is 8.39. The van der Waals surface area contributed by atoms with Crippen LogP contribution >= 0.6 is 12.4 Å². The average Bonchev–Trinajstić information content (AvgIpc) is 2.17. The predicted molar refractivity (Wildman–Crippen MR) is 65.1 cm³/mol. The molecule has 0 saturated carbocycles. The minimum Gasteiger partial charge on any atom is -0.256 e. The standard InChI is InChI=1S/C11H11N.CH4.ClH/c1-2-9-5-3-6-10-7-4-8-12-11(9)10;;/h3-8H,2H2,1H3;1H4;1H. The van der Waals surface area contributed by atoms with Crippen LogP contribution in [0.4, 0.5) is 0 Å². The van der Waals surface area contributed by atoms with Crippen LogP contribution in [0.3, 0.4) is 0 Å². The number of para-hydroxylation sites is 1. The number of halogens is 1. The van der Waals surface area contributed by atoms with Gasteiger partial charge in [-0.25, -0.2) is 0 Å². The van der Waals surface area contributed by atoms with Gasteiger partial charge in [0.15, 0.2) is 0 Å². The highest BCUT2D eigenvalue weighted by molar-refractivity contribution is 5.85. The summed E-state index contributed by atoms with van der Waals surface area (Å²) in [5.74, 6) is 0. The van der Waals surface area contributed by atoms with Crippen LogP contribution in [0, 0.1) is 0 Å². The Morgan fingerprint density at radius 3 is 2.57 bits per heavy atom. The van der Waals surface area contributed by atoms with E-state index in [1.165, 1.54) is 10.9 Å². The molecule has 0 fully saturated rings. The predicted octanol–water partition coefficient (Wildman–Crippen LogP) is 3.86. The smallest absolute Gasteiger partial charge is 0.0733 e. The molecular formula is C12H16ClN. The third-order valence-corrected chi connectivity index (χ3v) is 2.10. The highest BCUT2D eigenvalue weighted by atomic mass is 35.5. The van der Waals surface area contributed by atoms with Crippen molar-refractivity contribution in [2.45, 2.75) is 20.8 Å². The third kappa shape index (κ3) is 2.24.